The van der Waals surface area contributed by atoms with E-state index in [4.69, 9.17) is 11.6 Å². The molecule has 1 saturated carbocycles. The zero-order chi connectivity index (χ0) is 12.8. The Balaban J connectivity index is 2.06. The van der Waals surface area contributed by atoms with Crippen molar-refractivity contribution in [1.29, 1.82) is 0 Å². The van der Waals surface area contributed by atoms with E-state index in [-0.39, 0.29) is 0 Å². The summed E-state index contributed by atoms with van der Waals surface area (Å²) in [6, 6.07) is 8.24. The molecule has 4 heteroatoms. The van der Waals surface area contributed by atoms with Crippen molar-refractivity contribution in [3.63, 3.8) is 0 Å². The summed E-state index contributed by atoms with van der Waals surface area (Å²) in [5, 5.41) is 1.17. The van der Waals surface area contributed by atoms with Crippen LogP contribution in [-0.2, 0) is 12.4 Å². The minimum absolute atomic E-state index is 0.454. The van der Waals surface area contributed by atoms with Gasteiger partial charge in [-0.1, -0.05) is 18.2 Å². The lowest BCUT2D eigenvalue weighted by Crippen LogP contribution is -2.04. The van der Waals surface area contributed by atoms with E-state index in [1.54, 1.807) is 0 Å². The quantitative estimate of drug-likeness (QED) is 0.680. The van der Waals surface area contributed by atoms with Gasteiger partial charge in [-0.25, -0.2) is 4.98 Å². The number of halogens is 1. The Hall–Kier alpha value is -1.61. The third-order valence-electron chi connectivity index (χ3n) is 3.82. The number of pyridine rings is 1. The molecule has 0 bridgehead atoms. The van der Waals surface area contributed by atoms with Crippen molar-refractivity contribution in [1.82, 2.24) is 14.5 Å². The molecule has 0 spiro atoms. The number of aromatic nitrogens is 3. The van der Waals surface area contributed by atoms with Gasteiger partial charge >= 0.3 is 0 Å². The van der Waals surface area contributed by atoms with E-state index in [9.17, 15) is 0 Å². The molecule has 0 atom stereocenters. The van der Waals surface area contributed by atoms with Crippen molar-refractivity contribution in [3.05, 3.63) is 36.3 Å². The summed E-state index contributed by atoms with van der Waals surface area (Å²) in [7, 11) is 0. The second-order valence-electron chi connectivity index (χ2n) is 5.22. The zero-order valence-corrected chi connectivity index (χ0v) is 11.3. The number of hydrogen-bond donors (Lipinski definition) is 0. The molecule has 1 aliphatic carbocycles. The van der Waals surface area contributed by atoms with E-state index in [0.717, 1.165) is 29.3 Å². The van der Waals surface area contributed by atoms with Crippen LogP contribution in [0.3, 0.4) is 0 Å². The normalized spacial score (nSPS) is 15.4. The lowest BCUT2D eigenvalue weighted by molar-refractivity contribution is 0.624. The van der Waals surface area contributed by atoms with Crippen LogP contribution in [0.4, 0.5) is 0 Å². The topological polar surface area (TPSA) is 30.7 Å². The van der Waals surface area contributed by atoms with E-state index in [1.165, 1.54) is 23.7 Å². The number of hydrogen-bond acceptors (Lipinski definition) is 2. The fourth-order valence-corrected chi connectivity index (χ4v) is 2.87. The molecule has 4 rings (SSSR count). The molecule has 19 heavy (non-hydrogen) atoms. The number of benzene rings is 1. The van der Waals surface area contributed by atoms with Crippen LogP contribution in [0.5, 0.6) is 0 Å². The molecule has 2 heterocycles. The maximum absolute atomic E-state index is 6.05. The summed E-state index contributed by atoms with van der Waals surface area (Å²) in [5.74, 6) is 2.21. The number of imidazole rings is 1. The molecular formula is C15H14ClN3. The highest BCUT2D eigenvalue weighted by Crippen LogP contribution is 2.34. The molecule has 0 unspecified atom stereocenters. The molecule has 1 aromatic carbocycles. The lowest BCUT2D eigenvalue weighted by atomic mass is 10.2. The Morgan fingerprint density at radius 1 is 1.21 bits per heavy atom. The highest BCUT2D eigenvalue weighted by atomic mass is 35.5. The largest absolute Gasteiger partial charge is 0.326 e. The number of fused-ring (bicyclic) bond motifs is 3. The van der Waals surface area contributed by atoms with Crippen LogP contribution in [0.1, 0.15) is 18.7 Å². The monoisotopic (exact) mass is 271 g/mol. The van der Waals surface area contributed by atoms with Crippen molar-refractivity contribution in [2.45, 2.75) is 25.3 Å². The molecule has 3 nitrogen and oxygen atoms in total. The molecule has 0 aliphatic heterocycles. The Kier molecular flexibility index (Phi) is 2.49. The highest BCUT2D eigenvalue weighted by Gasteiger charge is 2.24. The molecule has 0 N–H and O–H groups in total. The Labute approximate surface area is 116 Å². The van der Waals surface area contributed by atoms with E-state index < -0.39 is 0 Å². The van der Waals surface area contributed by atoms with Crippen molar-refractivity contribution < 1.29 is 0 Å². The molecule has 3 aromatic rings. The van der Waals surface area contributed by atoms with E-state index >= 15 is 0 Å². The summed E-state index contributed by atoms with van der Waals surface area (Å²) < 4.78 is 2.30. The molecule has 0 radical (unpaired) electrons. The van der Waals surface area contributed by atoms with Crippen molar-refractivity contribution in [3.8, 4) is 0 Å². The van der Waals surface area contributed by atoms with Gasteiger partial charge in [0.15, 0.2) is 0 Å². The van der Waals surface area contributed by atoms with Gasteiger partial charge in [0.05, 0.1) is 23.1 Å². The second kappa shape index (κ2) is 4.20. The molecular weight excluding hydrogens is 258 g/mol. The van der Waals surface area contributed by atoms with Crippen molar-refractivity contribution in [2.75, 3.05) is 0 Å². The van der Waals surface area contributed by atoms with Crippen molar-refractivity contribution in [2.24, 2.45) is 5.92 Å². The SMILES string of the molecule is ClCc1nc2cnc3ccccc3c2n1CC1CC1. The number of nitrogens with zero attached hydrogens (tertiary/aromatic N) is 3. The first-order valence-electron chi connectivity index (χ1n) is 6.65. The van der Waals surface area contributed by atoms with Gasteiger partial charge in [-0.2, -0.15) is 0 Å². The van der Waals surface area contributed by atoms with E-state index in [1.807, 2.05) is 18.3 Å². The van der Waals surface area contributed by atoms with Gasteiger partial charge < -0.3 is 4.57 Å². The average Bonchev–Trinajstić information content (AvgIpc) is 3.19. The van der Waals surface area contributed by atoms with Crippen LogP contribution in [-0.4, -0.2) is 14.5 Å². The van der Waals surface area contributed by atoms with Gasteiger partial charge in [-0.3, -0.25) is 4.98 Å². The number of para-hydroxylation sites is 1. The number of alkyl halides is 1. The molecule has 1 aliphatic rings. The van der Waals surface area contributed by atoms with Crippen LogP contribution in [0.15, 0.2) is 30.5 Å². The average molecular weight is 272 g/mol. The highest BCUT2D eigenvalue weighted by molar-refractivity contribution is 6.17. The summed E-state index contributed by atoms with van der Waals surface area (Å²) in [6.07, 6.45) is 4.51. The van der Waals surface area contributed by atoms with Gasteiger partial charge in [0.25, 0.3) is 0 Å². The van der Waals surface area contributed by atoms with E-state index in [2.05, 4.69) is 26.7 Å². The predicted molar refractivity (Wildman–Crippen MR) is 77.3 cm³/mol. The minimum Gasteiger partial charge on any atom is -0.326 e. The summed E-state index contributed by atoms with van der Waals surface area (Å²) in [4.78, 5) is 9.10. The Morgan fingerprint density at radius 3 is 2.84 bits per heavy atom. The molecule has 96 valence electrons. The molecule has 2 aromatic heterocycles. The van der Waals surface area contributed by atoms with Crippen LogP contribution in [0.2, 0.25) is 0 Å². The minimum atomic E-state index is 0.454. The Bertz CT molecular complexity index is 759. The van der Waals surface area contributed by atoms with Crippen LogP contribution in [0.25, 0.3) is 21.9 Å². The van der Waals surface area contributed by atoms with Crippen LogP contribution >= 0.6 is 11.6 Å². The second-order valence-corrected chi connectivity index (χ2v) is 5.49. The molecule has 0 saturated heterocycles. The maximum Gasteiger partial charge on any atom is 0.124 e. The van der Waals surface area contributed by atoms with Crippen molar-refractivity contribution >= 4 is 33.5 Å². The first kappa shape index (κ1) is 11.2. The van der Waals surface area contributed by atoms with Gasteiger partial charge in [-0.05, 0) is 24.8 Å². The maximum atomic E-state index is 6.05. The standard InChI is InChI=1S/C15H14ClN3/c16-7-14-18-13-8-17-12-4-2-1-3-11(12)15(13)19(14)9-10-5-6-10/h1-4,8,10H,5-7,9H2. The third kappa shape index (κ3) is 1.80. The fourth-order valence-electron chi connectivity index (χ4n) is 2.67. The molecule has 0 amide bonds. The van der Waals surface area contributed by atoms with Crippen LogP contribution < -0.4 is 0 Å². The third-order valence-corrected chi connectivity index (χ3v) is 4.05. The zero-order valence-electron chi connectivity index (χ0n) is 10.5. The van der Waals surface area contributed by atoms with Gasteiger partial charge in [0.1, 0.15) is 11.3 Å². The smallest absolute Gasteiger partial charge is 0.124 e. The Morgan fingerprint density at radius 2 is 2.05 bits per heavy atom. The van der Waals surface area contributed by atoms with Crippen LogP contribution in [0, 0.1) is 5.92 Å². The van der Waals surface area contributed by atoms with E-state index in [0.29, 0.717) is 5.88 Å². The van der Waals surface area contributed by atoms with Gasteiger partial charge in [-0.15, -0.1) is 11.6 Å². The first-order valence-corrected chi connectivity index (χ1v) is 7.19. The molecule has 1 fully saturated rings. The predicted octanol–water partition coefficient (Wildman–Crippen LogP) is 3.73. The van der Waals surface area contributed by atoms with Gasteiger partial charge in [0.2, 0.25) is 0 Å². The lowest BCUT2D eigenvalue weighted by Gasteiger charge is -2.08. The first-order chi connectivity index (χ1) is 9.36. The van der Waals surface area contributed by atoms with Gasteiger partial charge in [0, 0.05) is 11.9 Å². The summed E-state index contributed by atoms with van der Waals surface area (Å²) in [6.45, 7) is 1.03. The number of rotatable bonds is 3. The summed E-state index contributed by atoms with van der Waals surface area (Å²) in [5.41, 5.74) is 3.16. The fraction of sp³-hybridized carbons (Fsp3) is 0.333. The summed E-state index contributed by atoms with van der Waals surface area (Å²) >= 11 is 6.05.